The zero-order valence-corrected chi connectivity index (χ0v) is 21.3. The van der Waals surface area contributed by atoms with Gasteiger partial charge in [-0.15, -0.1) is 0 Å². The number of rotatable bonds is 8. The van der Waals surface area contributed by atoms with Gasteiger partial charge in [0.1, 0.15) is 0 Å². The zero-order valence-electron chi connectivity index (χ0n) is 20.5. The number of aliphatic hydroxyl groups excluding tert-OH is 1. The minimum Gasteiger partial charge on any atom is -0.392 e. The van der Waals surface area contributed by atoms with Gasteiger partial charge in [-0.1, -0.05) is 39.0 Å². The molecule has 1 saturated heterocycles. The zero-order chi connectivity index (χ0) is 24.3. The second-order valence-corrected chi connectivity index (χ2v) is 11.5. The van der Waals surface area contributed by atoms with E-state index in [0.29, 0.717) is 31.3 Å². The third-order valence-electron chi connectivity index (χ3n) is 7.11. The second kappa shape index (κ2) is 10.8. The molecule has 1 N–H and O–H groups in total. The molecule has 0 saturated carbocycles. The Kier molecular flexibility index (Phi) is 7.97. The Balaban J connectivity index is 1.64. The Morgan fingerprint density at radius 2 is 1.85 bits per heavy atom. The first-order valence-corrected chi connectivity index (χ1v) is 13.9. The van der Waals surface area contributed by atoms with Crippen LogP contribution < -0.4 is 4.31 Å². The van der Waals surface area contributed by atoms with E-state index >= 15 is 0 Å². The van der Waals surface area contributed by atoms with Crippen molar-refractivity contribution in [3.8, 4) is 0 Å². The van der Waals surface area contributed by atoms with E-state index in [-0.39, 0.29) is 23.6 Å². The van der Waals surface area contributed by atoms with Gasteiger partial charge in [-0.3, -0.25) is 4.31 Å². The molecule has 1 fully saturated rings. The molecule has 0 amide bonds. The van der Waals surface area contributed by atoms with Crippen LogP contribution in [-0.4, -0.2) is 38.9 Å². The van der Waals surface area contributed by atoms with Gasteiger partial charge in [0, 0.05) is 19.3 Å². The van der Waals surface area contributed by atoms with Crippen LogP contribution in [0.1, 0.15) is 74.6 Å². The van der Waals surface area contributed by atoms with Gasteiger partial charge in [-0.25, -0.2) is 8.42 Å². The summed E-state index contributed by atoms with van der Waals surface area (Å²) in [6.45, 7) is 7.85. The Bertz CT molecular complexity index is 1090. The van der Waals surface area contributed by atoms with Crippen LogP contribution in [0.25, 0.3) is 0 Å². The van der Waals surface area contributed by atoms with Gasteiger partial charge in [0.15, 0.2) is 0 Å². The Hall–Kier alpha value is -1.93. The number of anilines is 1. The lowest BCUT2D eigenvalue weighted by Gasteiger charge is -2.38. The number of benzene rings is 2. The molecule has 0 aliphatic carbocycles. The third kappa shape index (κ3) is 5.18. The highest BCUT2D eigenvalue weighted by atomic mass is 32.2. The first kappa shape index (κ1) is 25.2. The molecule has 2 aromatic carbocycles. The van der Waals surface area contributed by atoms with Crippen molar-refractivity contribution in [1.82, 2.24) is 0 Å². The molecule has 2 aliphatic rings. The van der Waals surface area contributed by atoms with E-state index in [1.807, 2.05) is 19.1 Å². The molecule has 2 heterocycles. The first-order valence-electron chi connectivity index (χ1n) is 12.4. The van der Waals surface area contributed by atoms with Gasteiger partial charge >= 0.3 is 0 Å². The molecular formula is C27H37NO5S. The number of hydrogen-bond acceptors (Lipinski definition) is 5. The predicted octanol–water partition coefficient (Wildman–Crippen LogP) is 4.92. The summed E-state index contributed by atoms with van der Waals surface area (Å²) < 4.78 is 40.9. The van der Waals surface area contributed by atoms with Crippen molar-refractivity contribution in [2.45, 2.75) is 89.0 Å². The molecule has 0 spiro atoms. The van der Waals surface area contributed by atoms with Crippen LogP contribution in [-0.2, 0) is 39.1 Å². The number of aryl methyl sites for hydroxylation is 1. The average Bonchev–Trinajstić information content (AvgIpc) is 2.86. The summed E-state index contributed by atoms with van der Waals surface area (Å²) in [5.41, 5.74) is 4.50. The van der Waals surface area contributed by atoms with Crippen molar-refractivity contribution in [3.63, 3.8) is 0 Å². The standard InChI is InChI=1S/C27H37NO5S/c1-4-24-8-5-21-15-20(19(2)3)7-10-27(21)28(24)34(30,31)26-9-6-22(23(16-26)17-29)18-33-25-11-13-32-14-12-25/h6-7,9-10,15-16,19,24-25,29H,4-5,8,11-14,17-18H2,1-3H3/t24-/m1/s1. The van der Waals surface area contributed by atoms with Crippen LogP contribution in [0.3, 0.4) is 0 Å². The topological polar surface area (TPSA) is 76.1 Å². The summed E-state index contributed by atoms with van der Waals surface area (Å²) in [5, 5.41) is 10.0. The molecule has 2 aromatic rings. The van der Waals surface area contributed by atoms with Crippen molar-refractivity contribution in [1.29, 1.82) is 0 Å². The Labute approximate surface area is 203 Å². The molecule has 0 aromatic heterocycles. The molecule has 0 unspecified atom stereocenters. The summed E-state index contributed by atoms with van der Waals surface area (Å²) in [7, 11) is -3.79. The fourth-order valence-corrected chi connectivity index (χ4v) is 6.77. The SMILES string of the molecule is CC[C@@H]1CCc2cc(C(C)C)ccc2N1S(=O)(=O)c1ccc(COC2CCOCC2)c(CO)c1. The minimum atomic E-state index is -3.79. The third-order valence-corrected chi connectivity index (χ3v) is 8.97. The summed E-state index contributed by atoms with van der Waals surface area (Å²) in [6, 6.07) is 11.1. The van der Waals surface area contributed by atoms with E-state index in [4.69, 9.17) is 9.47 Å². The molecular weight excluding hydrogens is 450 g/mol. The lowest BCUT2D eigenvalue weighted by molar-refractivity contribution is -0.0394. The normalized spacial score (nSPS) is 19.4. The van der Waals surface area contributed by atoms with Crippen molar-refractivity contribution in [3.05, 3.63) is 58.7 Å². The van der Waals surface area contributed by atoms with Crippen LogP contribution in [0.4, 0.5) is 5.69 Å². The minimum absolute atomic E-state index is 0.0866. The number of sulfonamides is 1. The van der Waals surface area contributed by atoms with Gasteiger partial charge in [-0.2, -0.15) is 0 Å². The molecule has 1 atom stereocenters. The van der Waals surface area contributed by atoms with Crippen molar-refractivity contribution in [2.24, 2.45) is 0 Å². The predicted molar refractivity (Wildman–Crippen MR) is 134 cm³/mol. The van der Waals surface area contributed by atoms with Crippen LogP contribution >= 0.6 is 0 Å². The highest BCUT2D eigenvalue weighted by Gasteiger charge is 2.35. The lowest BCUT2D eigenvalue weighted by atomic mass is 9.92. The van der Waals surface area contributed by atoms with E-state index in [0.717, 1.165) is 48.9 Å². The first-order chi connectivity index (χ1) is 16.3. The number of nitrogens with zero attached hydrogens (tertiary/aromatic N) is 1. The van der Waals surface area contributed by atoms with Crippen molar-refractivity contribution < 1.29 is 23.0 Å². The molecule has 0 bridgehead atoms. The second-order valence-electron chi connectivity index (χ2n) is 9.66. The maximum atomic E-state index is 13.9. The van der Waals surface area contributed by atoms with Gasteiger partial charge < -0.3 is 14.6 Å². The largest absolute Gasteiger partial charge is 0.392 e. The van der Waals surface area contributed by atoms with Gasteiger partial charge in [0.25, 0.3) is 10.0 Å². The van der Waals surface area contributed by atoms with E-state index in [1.165, 1.54) is 5.56 Å². The van der Waals surface area contributed by atoms with Gasteiger partial charge in [-0.05, 0) is 78.5 Å². The number of aliphatic hydroxyl groups is 1. The number of ether oxygens (including phenoxy) is 2. The maximum Gasteiger partial charge on any atom is 0.264 e. The van der Waals surface area contributed by atoms with Gasteiger partial charge in [0.2, 0.25) is 0 Å². The van der Waals surface area contributed by atoms with E-state index < -0.39 is 10.0 Å². The summed E-state index contributed by atoms with van der Waals surface area (Å²) in [4.78, 5) is 0.214. The molecule has 2 aliphatic heterocycles. The molecule has 7 heteroatoms. The van der Waals surface area contributed by atoms with E-state index in [1.54, 1.807) is 22.5 Å². The molecule has 6 nitrogen and oxygen atoms in total. The molecule has 4 rings (SSSR count). The summed E-state index contributed by atoms with van der Waals surface area (Å²) >= 11 is 0. The monoisotopic (exact) mass is 487 g/mol. The van der Waals surface area contributed by atoms with Crippen molar-refractivity contribution >= 4 is 15.7 Å². The lowest BCUT2D eigenvalue weighted by Crippen LogP contribution is -2.43. The fraction of sp³-hybridized carbons (Fsp3) is 0.556. The average molecular weight is 488 g/mol. The highest BCUT2D eigenvalue weighted by Crippen LogP contribution is 2.38. The van der Waals surface area contributed by atoms with Crippen LogP contribution in [0.15, 0.2) is 41.3 Å². The smallest absolute Gasteiger partial charge is 0.264 e. The fourth-order valence-electron chi connectivity index (χ4n) is 4.93. The highest BCUT2D eigenvalue weighted by molar-refractivity contribution is 7.92. The van der Waals surface area contributed by atoms with Gasteiger partial charge in [0.05, 0.1) is 29.9 Å². The molecule has 34 heavy (non-hydrogen) atoms. The maximum absolute atomic E-state index is 13.9. The van der Waals surface area contributed by atoms with E-state index in [9.17, 15) is 13.5 Å². The van der Waals surface area contributed by atoms with Crippen LogP contribution in [0, 0.1) is 0 Å². The number of fused-ring (bicyclic) bond motifs is 1. The summed E-state index contributed by atoms with van der Waals surface area (Å²) in [6.07, 6.45) is 4.26. The van der Waals surface area contributed by atoms with Crippen LogP contribution in [0.5, 0.6) is 0 Å². The Morgan fingerprint density at radius 1 is 1.09 bits per heavy atom. The molecule has 0 radical (unpaired) electrons. The Morgan fingerprint density at radius 3 is 2.53 bits per heavy atom. The molecule has 186 valence electrons. The quantitative estimate of drug-likeness (QED) is 0.572. The van der Waals surface area contributed by atoms with E-state index in [2.05, 4.69) is 19.9 Å². The van der Waals surface area contributed by atoms with Crippen molar-refractivity contribution in [2.75, 3.05) is 17.5 Å². The number of hydrogen-bond donors (Lipinski definition) is 1. The van der Waals surface area contributed by atoms with Crippen LogP contribution in [0.2, 0.25) is 0 Å². The summed E-state index contributed by atoms with van der Waals surface area (Å²) in [5.74, 6) is 0.391.